The summed E-state index contributed by atoms with van der Waals surface area (Å²) in [5.74, 6) is 1.31. The molecule has 1 amide bonds. The molecule has 1 aromatic heterocycles. The monoisotopic (exact) mass is 328 g/mol. The Morgan fingerprint density at radius 1 is 1.33 bits per heavy atom. The molecule has 0 bridgehead atoms. The van der Waals surface area contributed by atoms with Crippen molar-refractivity contribution < 1.29 is 9.32 Å². The summed E-state index contributed by atoms with van der Waals surface area (Å²) in [5.41, 5.74) is 0.926. The molecule has 1 saturated heterocycles. The van der Waals surface area contributed by atoms with Gasteiger partial charge in [-0.1, -0.05) is 35.5 Å². The number of hydrogen-bond donors (Lipinski definition) is 1. The van der Waals surface area contributed by atoms with Crippen LogP contribution in [0, 0.1) is 0 Å². The number of hydrogen-bond acceptors (Lipinski definition) is 5. The van der Waals surface area contributed by atoms with E-state index in [-0.39, 0.29) is 11.9 Å². The number of aromatic nitrogens is 2. The summed E-state index contributed by atoms with van der Waals surface area (Å²) in [6.07, 6.45) is 4.39. The fraction of sp³-hybridized carbons (Fsp3) is 0.500. The molecule has 6 nitrogen and oxygen atoms in total. The van der Waals surface area contributed by atoms with Crippen LogP contribution >= 0.6 is 0 Å². The molecule has 1 aliphatic rings. The number of rotatable bonds is 6. The zero-order valence-corrected chi connectivity index (χ0v) is 14.1. The molecule has 1 fully saturated rings. The van der Waals surface area contributed by atoms with Crippen LogP contribution in [-0.4, -0.2) is 41.1 Å². The maximum absolute atomic E-state index is 12.5. The van der Waals surface area contributed by atoms with E-state index in [0.29, 0.717) is 18.1 Å². The van der Waals surface area contributed by atoms with Crippen molar-refractivity contribution in [2.24, 2.45) is 0 Å². The first-order valence-electron chi connectivity index (χ1n) is 8.62. The maximum Gasteiger partial charge on any atom is 0.249 e. The molecule has 128 valence electrons. The zero-order chi connectivity index (χ0) is 16.8. The third kappa shape index (κ3) is 3.82. The first-order chi connectivity index (χ1) is 11.8. The summed E-state index contributed by atoms with van der Waals surface area (Å²) < 4.78 is 5.50. The highest BCUT2D eigenvalue weighted by Gasteiger charge is 2.31. The molecule has 1 unspecified atom stereocenters. The number of nitrogens with zero attached hydrogens (tertiary/aromatic N) is 3. The molecular formula is C18H24N4O2. The molecule has 3 rings (SSSR count). The van der Waals surface area contributed by atoms with Crippen molar-refractivity contribution in [1.29, 1.82) is 0 Å². The maximum atomic E-state index is 12.5. The fourth-order valence-corrected chi connectivity index (χ4v) is 3.12. The highest BCUT2D eigenvalue weighted by Crippen LogP contribution is 2.31. The molecule has 1 aromatic carbocycles. The predicted octanol–water partition coefficient (Wildman–Crippen LogP) is 2.79. The van der Waals surface area contributed by atoms with Crippen molar-refractivity contribution in [2.45, 2.75) is 38.1 Å². The van der Waals surface area contributed by atoms with Crippen LogP contribution in [0.2, 0.25) is 0 Å². The molecule has 0 aliphatic carbocycles. The minimum atomic E-state index is -0.0919. The van der Waals surface area contributed by atoms with Gasteiger partial charge < -0.3 is 14.7 Å². The molecule has 1 N–H and O–H groups in total. The van der Waals surface area contributed by atoms with Crippen molar-refractivity contribution in [2.75, 3.05) is 20.1 Å². The molecule has 0 saturated carbocycles. The summed E-state index contributed by atoms with van der Waals surface area (Å²) in [6, 6.07) is 9.67. The largest absolute Gasteiger partial charge is 0.337 e. The van der Waals surface area contributed by atoms with Crippen LogP contribution in [0.4, 0.5) is 0 Å². The van der Waals surface area contributed by atoms with Gasteiger partial charge in [0, 0.05) is 18.5 Å². The van der Waals surface area contributed by atoms with E-state index in [1.54, 1.807) is 0 Å². The van der Waals surface area contributed by atoms with Gasteiger partial charge in [0.25, 0.3) is 0 Å². The van der Waals surface area contributed by atoms with E-state index in [2.05, 4.69) is 15.5 Å². The fourth-order valence-electron chi connectivity index (χ4n) is 3.12. The Balaban J connectivity index is 1.74. The highest BCUT2D eigenvalue weighted by atomic mass is 16.5. The Bertz CT molecular complexity index is 656. The lowest BCUT2D eigenvalue weighted by Gasteiger charge is -2.33. The number of carbonyl (C=O) groups excluding carboxylic acids is 1. The zero-order valence-electron chi connectivity index (χ0n) is 14.1. The number of likely N-dealkylation sites (tertiary alicyclic amines) is 1. The van der Waals surface area contributed by atoms with Crippen molar-refractivity contribution in [3.8, 4) is 11.4 Å². The molecule has 24 heavy (non-hydrogen) atoms. The first-order valence-corrected chi connectivity index (χ1v) is 8.62. The molecule has 2 aromatic rings. The molecule has 1 aliphatic heterocycles. The van der Waals surface area contributed by atoms with Gasteiger partial charge in [0.2, 0.25) is 17.6 Å². The average molecular weight is 328 g/mol. The Hall–Kier alpha value is -2.21. The van der Waals surface area contributed by atoms with E-state index < -0.39 is 0 Å². The van der Waals surface area contributed by atoms with Crippen LogP contribution in [0.15, 0.2) is 34.9 Å². The first kappa shape index (κ1) is 16.6. The highest BCUT2D eigenvalue weighted by molar-refractivity contribution is 5.76. The van der Waals surface area contributed by atoms with Crippen molar-refractivity contribution in [3.63, 3.8) is 0 Å². The summed E-state index contributed by atoms with van der Waals surface area (Å²) in [5, 5.41) is 7.18. The Labute approximate surface area is 142 Å². The van der Waals surface area contributed by atoms with Crippen molar-refractivity contribution >= 4 is 5.91 Å². The Kier molecular flexibility index (Phi) is 5.59. The summed E-state index contributed by atoms with van der Waals surface area (Å²) in [7, 11) is 1.90. The van der Waals surface area contributed by atoms with Crippen LogP contribution in [0.1, 0.15) is 44.0 Å². The molecule has 0 spiro atoms. The van der Waals surface area contributed by atoms with E-state index in [1.807, 2.05) is 42.3 Å². The quantitative estimate of drug-likeness (QED) is 0.826. The molecule has 6 heteroatoms. The van der Waals surface area contributed by atoms with E-state index in [0.717, 1.165) is 44.3 Å². The Morgan fingerprint density at radius 3 is 2.96 bits per heavy atom. The summed E-state index contributed by atoms with van der Waals surface area (Å²) >= 11 is 0. The average Bonchev–Trinajstić information content (AvgIpc) is 3.12. The number of amides is 1. The lowest BCUT2D eigenvalue weighted by atomic mass is 10.0. The predicted molar refractivity (Wildman–Crippen MR) is 91.2 cm³/mol. The lowest BCUT2D eigenvalue weighted by molar-refractivity contribution is -0.135. The smallest absolute Gasteiger partial charge is 0.249 e. The topological polar surface area (TPSA) is 71.3 Å². The minimum Gasteiger partial charge on any atom is -0.337 e. The van der Waals surface area contributed by atoms with E-state index >= 15 is 0 Å². The van der Waals surface area contributed by atoms with Gasteiger partial charge in [-0.05, 0) is 39.3 Å². The second kappa shape index (κ2) is 8.06. The number of piperidine rings is 1. The van der Waals surface area contributed by atoms with Gasteiger partial charge >= 0.3 is 0 Å². The molecule has 0 radical (unpaired) electrons. The van der Waals surface area contributed by atoms with Crippen LogP contribution in [0.5, 0.6) is 0 Å². The minimum absolute atomic E-state index is 0.0919. The van der Waals surface area contributed by atoms with Crippen LogP contribution in [0.25, 0.3) is 11.4 Å². The third-order valence-electron chi connectivity index (χ3n) is 4.40. The SMILES string of the molecule is CNCCCC(=O)N1CCCCC1c1nc(-c2ccccc2)no1. The van der Waals surface area contributed by atoms with Gasteiger partial charge in [0.1, 0.15) is 6.04 Å². The standard InChI is InChI=1S/C18H24N4O2/c1-19-12-7-11-16(23)22-13-6-5-10-15(22)18-20-17(21-24-18)14-8-3-2-4-9-14/h2-4,8-9,15,19H,5-7,10-13H2,1H3. The van der Waals surface area contributed by atoms with Gasteiger partial charge in [0.15, 0.2) is 0 Å². The second-order valence-corrected chi connectivity index (χ2v) is 6.13. The second-order valence-electron chi connectivity index (χ2n) is 6.13. The lowest BCUT2D eigenvalue weighted by Crippen LogP contribution is -2.38. The third-order valence-corrected chi connectivity index (χ3v) is 4.40. The number of carbonyl (C=O) groups is 1. The number of nitrogens with one attached hydrogen (secondary N) is 1. The van der Waals surface area contributed by atoms with Gasteiger partial charge in [0.05, 0.1) is 0 Å². The van der Waals surface area contributed by atoms with Gasteiger partial charge in [-0.15, -0.1) is 0 Å². The van der Waals surface area contributed by atoms with E-state index in [4.69, 9.17) is 4.52 Å². The van der Waals surface area contributed by atoms with Gasteiger partial charge in [-0.25, -0.2) is 0 Å². The van der Waals surface area contributed by atoms with Crippen LogP contribution in [-0.2, 0) is 4.79 Å². The van der Waals surface area contributed by atoms with Crippen LogP contribution in [0.3, 0.4) is 0 Å². The summed E-state index contributed by atoms with van der Waals surface area (Å²) in [6.45, 7) is 1.62. The summed E-state index contributed by atoms with van der Waals surface area (Å²) in [4.78, 5) is 19.0. The van der Waals surface area contributed by atoms with Crippen molar-refractivity contribution in [3.05, 3.63) is 36.2 Å². The van der Waals surface area contributed by atoms with E-state index in [1.165, 1.54) is 0 Å². The van der Waals surface area contributed by atoms with Crippen LogP contribution < -0.4 is 5.32 Å². The number of benzene rings is 1. The molecular weight excluding hydrogens is 304 g/mol. The molecule has 1 atom stereocenters. The normalized spacial score (nSPS) is 17.9. The van der Waals surface area contributed by atoms with Gasteiger partial charge in [-0.2, -0.15) is 4.98 Å². The molecule has 2 heterocycles. The van der Waals surface area contributed by atoms with E-state index in [9.17, 15) is 4.79 Å². The Morgan fingerprint density at radius 2 is 2.17 bits per heavy atom. The van der Waals surface area contributed by atoms with Gasteiger partial charge in [-0.3, -0.25) is 4.79 Å². The van der Waals surface area contributed by atoms with Crippen molar-refractivity contribution in [1.82, 2.24) is 20.4 Å².